The van der Waals surface area contributed by atoms with Gasteiger partial charge in [-0.3, -0.25) is 0 Å². The smallest absolute Gasteiger partial charge is 0.126 e. The standard InChI is InChI=1S/C19H20FN/c1-11-6-7-13(10-16(11)20)19(21)18-15-9-8-12-4-2-3-5-14(12)17(15)18/h2-7,10,15,17-19H,8-9,21H2,1H3. The molecular formula is C19H20FN. The fourth-order valence-electron chi connectivity index (χ4n) is 4.15. The molecule has 1 nitrogen and oxygen atoms in total. The van der Waals surface area contributed by atoms with Crippen molar-refractivity contribution in [3.8, 4) is 0 Å². The highest BCUT2D eigenvalue weighted by molar-refractivity contribution is 5.41. The van der Waals surface area contributed by atoms with E-state index in [0.29, 0.717) is 23.3 Å². The minimum absolute atomic E-state index is 0.0544. The second-order valence-corrected chi connectivity index (χ2v) is 6.54. The van der Waals surface area contributed by atoms with Gasteiger partial charge in [0.2, 0.25) is 0 Å². The quantitative estimate of drug-likeness (QED) is 0.880. The molecule has 0 aromatic heterocycles. The molecule has 0 saturated heterocycles. The van der Waals surface area contributed by atoms with Gasteiger partial charge in [0.1, 0.15) is 5.82 Å². The lowest BCUT2D eigenvalue weighted by atomic mass is 9.92. The van der Waals surface area contributed by atoms with Crippen LogP contribution in [-0.4, -0.2) is 0 Å². The fraction of sp³-hybridized carbons (Fsp3) is 0.368. The van der Waals surface area contributed by atoms with E-state index in [9.17, 15) is 4.39 Å². The highest BCUT2D eigenvalue weighted by Gasteiger charge is 2.55. The first-order valence-corrected chi connectivity index (χ1v) is 7.76. The monoisotopic (exact) mass is 281 g/mol. The number of benzene rings is 2. The van der Waals surface area contributed by atoms with Crippen LogP contribution in [0.25, 0.3) is 0 Å². The van der Waals surface area contributed by atoms with Crippen molar-refractivity contribution < 1.29 is 4.39 Å². The van der Waals surface area contributed by atoms with Crippen molar-refractivity contribution in [3.05, 3.63) is 70.5 Å². The Hall–Kier alpha value is -1.67. The van der Waals surface area contributed by atoms with Gasteiger partial charge in [-0.15, -0.1) is 0 Å². The number of halogens is 1. The van der Waals surface area contributed by atoms with Crippen molar-refractivity contribution >= 4 is 0 Å². The lowest BCUT2D eigenvalue weighted by Gasteiger charge is -2.14. The second kappa shape index (κ2) is 4.67. The highest BCUT2D eigenvalue weighted by atomic mass is 19.1. The molecule has 2 N–H and O–H groups in total. The van der Waals surface area contributed by atoms with Gasteiger partial charge >= 0.3 is 0 Å². The van der Waals surface area contributed by atoms with Gasteiger partial charge in [0.15, 0.2) is 0 Å². The Bertz CT molecular complexity index is 694. The van der Waals surface area contributed by atoms with Crippen LogP contribution in [0, 0.1) is 24.6 Å². The van der Waals surface area contributed by atoms with E-state index in [1.807, 2.05) is 12.1 Å². The predicted octanol–water partition coefficient (Wildman–Crippen LogP) is 4.11. The molecule has 2 aliphatic rings. The maximum Gasteiger partial charge on any atom is 0.126 e. The number of hydrogen-bond donors (Lipinski definition) is 1. The van der Waals surface area contributed by atoms with Gasteiger partial charge in [0.05, 0.1) is 0 Å². The minimum Gasteiger partial charge on any atom is -0.324 e. The first kappa shape index (κ1) is 13.0. The lowest BCUT2D eigenvalue weighted by molar-refractivity contribution is 0.548. The summed E-state index contributed by atoms with van der Waals surface area (Å²) in [6, 6.07) is 14.1. The van der Waals surface area contributed by atoms with Crippen LogP contribution in [0.1, 0.15) is 40.6 Å². The molecule has 4 unspecified atom stereocenters. The van der Waals surface area contributed by atoms with E-state index in [4.69, 9.17) is 5.73 Å². The third kappa shape index (κ3) is 2.01. The molecule has 1 saturated carbocycles. The van der Waals surface area contributed by atoms with Crippen molar-refractivity contribution in [1.29, 1.82) is 0 Å². The predicted molar refractivity (Wildman–Crippen MR) is 82.5 cm³/mol. The number of rotatable bonds is 2. The first-order chi connectivity index (χ1) is 10.2. The molecule has 2 heteroatoms. The molecule has 2 aromatic carbocycles. The van der Waals surface area contributed by atoms with Crippen LogP contribution >= 0.6 is 0 Å². The maximum absolute atomic E-state index is 13.8. The summed E-state index contributed by atoms with van der Waals surface area (Å²) in [6.07, 6.45) is 2.37. The Morgan fingerprint density at radius 1 is 1.19 bits per heavy atom. The third-order valence-corrected chi connectivity index (χ3v) is 5.39. The van der Waals surface area contributed by atoms with Crippen molar-refractivity contribution in [2.24, 2.45) is 17.6 Å². The zero-order valence-electron chi connectivity index (χ0n) is 12.2. The number of nitrogens with two attached hydrogens (primary N) is 1. The van der Waals surface area contributed by atoms with Crippen LogP contribution in [0.15, 0.2) is 42.5 Å². The van der Waals surface area contributed by atoms with E-state index in [2.05, 4.69) is 24.3 Å². The lowest BCUT2D eigenvalue weighted by Crippen LogP contribution is -2.14. The van der Waals surface area contributed by atoms with Gasteiger partial charge in [-0.1, -0.05) is 36.4 Å². The Balaban J connectivity index is 1.63. The van der Waals surface area contributed by atoms with E-state index in [1.54, 1.807) is 13.0 Å². The normalized spacial score (nSPS) is 27.7. The van der Waals surface area contributed by atoms with Gasteiger partial charge in [-0.2, -0.15) is 0 Å². The van der Waals surface area contributed by atoms with E-state index < -0.39 is 0 Å². The molecule has 4 atom stereocenters. The average molecular weight is 281 g/mol. The average Bonchev–Trinajstić information content (AvgIpc) is 3.24. The van der Waals surface area contributed by atoms with Gasteiger partial charge in [-0.05, 0) is 65.8 Å². The number of fused-ring (bicyclic) bond motifs is 3. The Morgan fingerprint density at radius 2 is 2.00 bits per heavy atom. The van der Waals surface area contributed by atoms with Crippen molar-refractivity contribution in [3.63, 3.8) is 0 Å². The maximum atomic E-state index is 13.8. The molecule has 0 spiro atoms. The number of hydrogen-bond acceptors (Lipinski definition) is 1. The van der Waals surface area contributed by atoms with Crippen LogP contribution in [0.2, 0.25) is 0 Å². The summed E-state index contributed by atoms with van der Waals surface area (Å²) in [7, 11) is 0. The molecule has 2 aliphatic carbocycles. The summed E-state index contributed by atoms with van der Waals surface area (Å²) in [5.41, 5.74) is 11.0. The van der Waals surface area contributed by atoms with Gasteiger partial charge in [-0.25, -0.2) is 4.39 Å². The van der Waals surface area contributed by atoms with Crippen LogP contribution in [0.4, 0.5) is 4.39 Å². The molecule has 0 heterocycles. The van der Waals surface area contributed by atoms with Gasteiger partial charge < -0.3 is 5.73 Å². The van der Waals surface area contributed by atoms with Gasteiger partial charge in [0.25, 0.3) is 0 Å². The first-order valence-electron chi connectivity index (χ1n) is 7.76. The summed E-state index contributed by atoms with van der Waals surface area (Å²) in [4.78, 5) is 0. The van der Waals surface area contributed by atoms with E-state index >= 15 is 0 Å². The van der Waals surface area contributed by atoms with E-state index in [1.165, 1.54) is 17.5 Å². The molecule has 0 radical (unpaired) electrons. The molecule has 0 bridgehead atoms. The van der Waals surface area contributed by atoms with Crippen molar-refractivity contribution in [2.45, 2.75) is 31.7 Å². The summed E-state index contributed by atoms with van der Waals surface area (Å²) >= 11 is 0. The second-order valence-electron chi connectivity index (χ2n) is 6.54. The topological polar surface area (TPSA) is 26.0 Å². The van der Waals surface area contributed by atoms with Gasteiger partial charge in [0, 0.05) is 6.04 Å². The summed E-state index contributed by atoms with van der Waals surface area (Å²) in [5, 5.41) is 0. The summed E-state index contributed by atoms with van der Waals surface area (Å²) < 4.78 is 13.8. The van der Waals surface area contributed by atoms with Crippen LogP contribution in [0.5, 0.6) is 0 Å². The van der Waals surface area contributed by atoms with E-state index in [-0.39, 0.29) is 11.9 Å². The van der Waals surface area contributed by atoms with Crippen molar-refractivity contribution in [2.75, 3.05) is 0 Å². The third-order valence-electron chi connectivity index (χ3n) is 5.39. The van der Waals surface area contributed by atoms with Crippen molar-refractivity contribution in [1.82, 2.24) is 0 Å². The molecule has 0 aliphatic heterocycles. The van der Waals surface area contributed by atoms with Crippen LogP contribution in [-0.2, 0) is 6.42 Å². The molecule has 4 rings (SSSR count). The highest BCUT2D eigenvalue weighted by Crippen LogP contribution is 2.63. The molecule has 2 aromatic rings. The Labute approximate surface area is 125 Å². The zero-order valence-corrected chi connectivity index (χ0v) is 12.2. The SMILES string of the molecule is Cc1ccc(C(N)C2C3CCc4ccccc4C32)cc1F. The van der Waals surface area contributed by atoms with Crippen LogP contribution < -0.4 is 5.73 Å². The Kier molecular flexibility index (Phi) is 2.90. The molecule has 0 amide bonds. The number of aryl methyl sites for hydroxylation is 2. The molecule has 21 heavy (non-hydrogen) atoms. The van der Waals surface area contributed by atoms with Crippen LogP contribution in [0.3, 0.4) is 0 Å². The summed E-state index contributed by atoms with van der Waals surface area (Å²) in [6.45, 7) is 1.79. The summed E-state index contributed by atoms with van der Waals surface area (Å²) in [5.74, 6) is 1.58. The fourth-order valence-corrected chi connectivity index (χ4v) is 4.15. The van der Waals surface area contributed by atoms with E-state index in [0.717, 1.165) is 12.0 Å². The minimum atomic E-state index is -0.146. The molecular weight excluding hydrogens is 261 g/mol. The largest absolute Gasteiger partial charge is 0.324 e. The Morgan fingerprint density at radius 3 is 2.81 bits per heavy atom. The zero-order chi connectivity index (χ0) is 14.6. The molecule has 1 fully saturated rings. The molecule has 108 valence electrons.